The number of nitro benzene ring substituents is 1. The van der Waals surface area contributed by atoms with Crippen LogP contribution in [0.5, 0.6) is 0 Å². The molecule has 1 aromatic rings. The molecule has 20 heavy (non-hydrogen) atoms. The van der Waals surface area contributed by atoms with Crippen molar-refractivity contribution in [2.24, 2.45) is 0 Å². The molecule has 0 aromatic heterocycles. The molecule has 1 aliphatic carbocycles. The Bertz CT molecular complexity index is 527. The number of anilines is 1. The number of benzene rings is 1. The summed E-state index contributed by atoms with van der Waals surface area (Å²) in [7, 11) is 1.63. The second-order valence-corrected chi connectivity index (χ2v) is 5.45. The van der Waals surface area contributed by atoms with Crippen LogP contribution in [0, 0.1) is 15.9 Å². The molecule has 0 saturated heterocycles. The van der Waals surface area contributed by atoms with Crippen molar-refractivity contribution in [3.8, 4) is 0 Å². The van der Waals surface area contributed by atoms with E-state index in [2.05, 4.69) is 0 Å². The van der Waals surface area contributed by atoms with Gasteiger partial charge in [-0.15, -0.1) is 0 Å². The first-order valence-electron chi connectivity index (χ1n) is 6.46. The number of aliphatic hydroxyl groups excluding tert-OH is 1. The molecule has 0 spiro atoms. The lowest BCUT2D eigenvalue weighted by Crippen LogP contribution is -2.43. The van der Waals surface area contributed by atoms with Crippen molar-refractivity contribution >= 4 is 23.0 Å². The highest BCUT2D eigenvalue weighted by atomic mass is 35.5. The highest BCUT2D eigenvalue weighted by Crippen LogP contribution is 2.36. The molecule has 110 valence electrons. The first-order valence-corrected chi connectivity index (χ1v) is 6.84. The second kappa shape index (κ2) is 5.93. The molecule has 0 amide bonds. The summed E-state index contributed by atoms with van der Waals surface area (Å²) in [5.74, 6) is -0.704. The molecular formula is C13H16ClFN2O3. The second-order valence-electron chi connectivity index (χ2n) is 5.04. The Morgan fingerprint density at radius 3 is 2.70 bits per heavy atom. The van der Waals surface area contributed by atoms with Gasteiger partial charge in [0.15, 0.2) is 0 Å². The molecule has 0 bridgehead atoms. The minimum atomic E-state index is -0.704. The van der Waals surface area contributed by atoms with E-state index in [0.717, 1.165) is 31.4 Å². The van der Waals surface area contributed by atoms with Crippen LogP contribution in [0.3, 0.4) is 0 Å². The topological polar surface area (TPSA) is 66.6 Å². The summed E-state index contributed by atoms with van der Waals surface area (Å²) in [4.78, 5) is 12.1. The fourth-order valence-electron chi connectivity index (χ4n) is 2.68. The van der Waals surface area contributed by atoms with Crippen LogP contribution in [-0.2, 0) is 0 Å². The summed E-state index contributed by atoms with van der Waals surface area (Å²) in [5.41, 5.74) is -0.112. The number of hydrogen-bond donors (Lipinski definition) is 1. The molecule has 2 unspecified atom stereocenters. The van der Waals surface area contributed by atoms with Crippen LogP contribution in [0.1, 0.15) is 25.7 Å². The van der Waals surface area contributed by atoms with Gasteiger partial charge < -0.3 is 10.0 Å². The van der Waals surface area contributed by atoms with Gasteiger partial charge in [-0.1, -0.05) is 24.4 Å². The zero-order valence-electron chi connectivity index (χ0n) is 11.1. The molecule has 0 heterocycles. The maximum Gasteiger partial charge on any atom is 0.294 e. The highest BCUT2D eigenvalue weighted by Gasteiger charge is 2.31. The molecular weight excluding hydrogens is 287 g/mol. The number of nitro groups is 1. The SMILES string of the molecule is CN(c1cc(F)c(Cl)cc1[N+](=O)[O-])C1CCCCC1O. The predicted octanol–water partition coefficient (Wildman–Crippen LogP) is 3.13. The van der Waals surface area contributed by atoms with Crippen LogP contribution in [0.4, 0.5) is 15.8 Å². The number of nitrogens with zero attached hydrogens (tertiary/aromatic N) is 2. The van der Waals surface area contributed by atoms with E-state index in [1.54, 1.807) is 11.9 Å². The number of aliphatic hydroxyl groups is 1. The molecule has 5 nitrogen and oxygen atoms in total. The molecule has 0 aliphatic heterocycles. The lowest BCUT2D eigenvalue weighted by Gasteiger charge is -2.36. The van der Waals surface area contributed by atoms with E-state index in [1.165, 1.54) is 0 Å². The van der Waals surface area contributed by atoms with Crippen molar-refractivity contribution in [3.63, 3.8) is 0 Å². The average molecular weight is 303 g/mol. The van der Waals surface area contributed by atoms with Crippen LogP contribution in [0.2, 0.25) is 5.02 Å². The third-order valence-electron chi connectivity index (χ3n) is 3.79. The average Bonchev–Trinajstić information content (AvgIpc) is 2.41. The van der Waals surface area contributed by atoms with Gasteiger partial charge in [0.05, 0.1) is 22.1 Å². The maximum absolute atomic E-state index is 13.6. The van der Waals surface area contributed by atoms with Crippen molar-refractivity contribution in [2.45, 2.75) is 37.8 Å². The highest BCUT2D eigenvalue weighted by molar-refractivity contribution is 6.31. The van der Waals surface area contributed by atoms with Gasteiger partial charge in [-0.25, -0.2) is 4.39 Å². The Balaban J connectivity index is 2.39. The van der Waals surface area contributed by atoms with Gasteiger partial charge in [0.25, 0.3) is 5.69 Å². The standard InChI is InChI=1S/C13H16ClFN2O3/c1-16(10-4-2-3-5-13(10)18)11-7-9(15)8(14)6-12(11)17(19)20/h6-7,10,13,18H,2-5H2,1H3. The first-order chi connectivity index (χ1) is 9.41. The quantitative estimate of drug-likeness (QED) is 0.688. The fraction of sp³-hybridized carbons (Fsp3) is 0.538. The van der Waals surface area contributed by atoms with Gasteiger partial charge in [0.1, 0.15) is 11.5 Å². The zero-order chi connectivity index (χ0) is 14.9. The summed E-state index contributed by atoms with van der Waals surface area (Å²) >= 11 is 5.60. The molecule has 1 fully saturated rings. The van der Waals surface area contributed by atoms with Gasteiger partial charge in [0.2, 0.25) is 0 Å². The Hall–Kier alpha value is -1.40. The van der Waals surface area contributed by atoms with Gasteiger partial charge >= 0.3 is 0 Å². The summed E-state index contributed by atoms with van der Waals surface area (Å²) in [6.45, 7) is 0. The number of hydrogen-bond acceptors (Lipinski definition) is 4. The van der Waals surface area contributed by atoms with Gasteiger partial charge in [-0.2, -0.15) is 0 Å². The summed E-state index contributed by atoms with van der Waals surface area (Å²) in [5, 5.41) is 20.8. The number of rotatable bonds is 3. The molecule has 2 atom stereocenters. The van der Waals surface area contributed by atoms with Crippen molar-refractivity contribution in [3.05, 3.63) is 33.1 Å². The van der Waals surface area contributed by atoms with E-state index < -0.39 is 16.8 Å². The minimum absolute atomic E-state index is 0.142. The van der Waals surface area contributed by atoms with E-state index in [0.29, 0.717) is 6.42 Å². The first kappa shape index (κ1) is 15.0. The Morgan fingerprint density at radius 1 is 1.45 bits per heavy atom. The van der Waals surface area contributed by atoms with Crippen LogP contribution in [-0.4, -0.2) is 29.2 Å². The van der Waals surface area contributed by atoms with E-state index >= 15 is 0 Å². The maximum atomic E-state index is 13.6. The molecule has 1 aromatic carbocycles. The molecule has 1 aliphatic rings. The molecule has 2 rings (SSSR count). The van der Waals surface area contributed by atoms with Crippen molar-refractivity contribution in [2.75, 3.05) is 11.9 Å². The fourth-order valence-corrected chi connectivity index (χ4v) is 2.83. The van der Waals surface area contributed by atoms with Crippen LogP contribution >= 0.6 is 11.6 Å². The number of halogens is 2. The van der Waals surface area contributed by atoms with Gasteiger partial charge in [0, 0.05) is 19.2 Å². The van der Waals surface area contributed by atoms with Crippen LogP contribution in [0.15, 0.2) is 12.1 Å². The largest absolute Gasteiger partial charge is 0.391 e. The predicted molar refractivity (Wildman–Crippen MR) is 74.7 cm³/mol. The molecule has 1 saturated carbocycles. The van der Waals surface area contributed by atoms with Gasteiger partial charge in [-0.3, -0.25) is 10.1 Å². The Kier molecular flexibility index (Phi) is 4.45. The molecule has 0 radical (unpaired) electrons. The van der Waals surface area contributed by atoms with Crippen molar-refractivity contribution < 1.29 is 14.4 Å². The van der Waals surface area contributed by atoms with Crippen molar-refractivity contribution in [1.82, 2.24) is 0 Å². The van der Waals surface area contributed by atoms with Crippen LogP contribution in [0.25, 0.3) is 0 Å². The number of likely N-dealkylation sites (N-methyl/N-ethyl adjacent to an activating group) is 1. The molecule has 7 heteroatoms. The smallest absolute Gasteiger partial charge is 0.294 e. The summed E-state index contributed by atoms with van der Waals surface area (Å²) in [6.07, 6.45) is 2.68. The van der Waals surface area contributed by atoms with Crippen LogP contribution < -0.4 is 4.90 Å². The third-order valence-corrected chi connectivity index (χ3v) is 4.08. The Morgan fingerprint density at radius 2 is 2.10 bits per heavy atom. The Labute approximate surface area is 121 Å². The normalized spacial score (nSPS) is 22.6. The lowest BCUT2D eigenvalue weighted by molar-refractivity contribution is -0.384. The van der Waals surface area contributed by atoms with E-state index in [9.17, 15) is 19.6 Å². The third kappa shape index (κ3) is 2.86. The minimum Gasteiger partial charge on any atom is -0.391 e. The molecule has 1 N–H and O–H groups in total. The van der Waals surface area contributed by atoms with E-state index in [4.69, 9.17) is 11.6 Å². The van der Waals surface area contributed by atoms with Gasteiger partial charge in [-0.05, 0) is 12.8 Å². The summed E-state index contributed by atoms with van der Waals surface area (Å²) < 4.78 is 13.6. The lowest BCUT2D eigenvalue weighted by atomic mass is 9.91. The summed E-state index contributed by atoms with van der Waals surface area (Å²) in [6, 6.07) is 1.82. The van der Waals surface area contributed by atoms with E-state index in [1.807, 2.05) is 0 Å². The monoisotopic (exact) mass is 302 g/mol. The zero-order valence-corrected chi connectivity index (χ0v) is 11.8. The van der Waals surface area contributed by atoms with Crippen molar-refractivity contribution in [1.29, 1.82) is 0 Å². The van der Waals surface area contributed by atoms with E-state index in [-0.39, 0.29) is 22.4 Å².